The van der Waals surface area contributed by atoms with E-state index in [1.165, 1.54) is 0 Å². The van der Waals surface area contributed by atoms with Gasteiger partial charge in [-0.05, 0) is 44.0 Å². The number of hydrogen-bond donors (Lipinski definition) is 2. The molecule has 98 valence electrons. The van der Waals surface area contributed by atoms with Gasteiger partial charge in [-0.2, -0.15) is 0 Å². The van der Waals surface area contributed by atoms with E-state index in [2.05, 4.69) is 17.6 Å². The number of rotatable bonds is 3. The molecule has 1 saturated heterocycles. The zero-order valence-electron chi connectivity index (χ0n) is 11.0. The van der Waals surface area contributed by atoms with Crippen LogP contribution in [0.15, 0.2) is 24.3 Å². The second kappa shape index (κ2) is 5.40. The smallest absolute Gasteiger partial charge is 0.251 e. The molecule has 0 saturated carbocycles. The van der Waals surface area contributed by atoms with Crippen LogP contribution in [0.25, 0.3) is 0 Å². The molecule has 0 unspecified atom stereocenters. The molecule has 2 N–H and O–H groups in total. The van der Waals surface area contributed by atoms with E-state index in [1.807, 2.05) is 31.3 Å². The van der Waals surface area contributed by atoms with Gasteiger partial charge in [-0.3, -0.25) is 4.79 Å². The van der Waals surface area contributed by atoms with Crippen LogP contribution in [0.3, 0.4) is 0 Å². The fourth-order valence-corrected chi connectivity index (χ4v) is 2.08. The molecule has 1 heterocycles. The van der Waals surface area contributed by atoms with Crippen molar-refractivity contribution in [3.05, 3.63) is 29.8 Å². The Morgan fingerprint density at radius 3 is 2.39 bits per heavy atom. The summed E-state index contributed by atoms with van der Waals surface area (Å²) in [5.41, 5.74) is 1.56. The van der Waals surface area contributed by atoms with E-state index < -0.39 is 0 Å². The molecule has 1 aliphatic rings. The van der Waals surface area contributed by atoms with Crippen LogP contribution in [-0.4, -0.2) is 31.7 Å². The molecule has 0 radical (unpaired) electrons. The Balaban J connectivity index is 2.02. The highest BCUT2D eigenvalue weighted by atomic mass is 16.5. The second-order valence-corrected chi connectivity index (χ2v) is 4.95. The van der Waals surface area contributed by atoms with Crippen LogP contribution < -0.4 is 10.6 Å². The molecule has 0 aliphatic carbocycles. The van der Waals surface area contributed by atoms with E-state index in [9.17, 15) is 4.79 Å². The van der Waals surface area contributed by atoms with Gasteiger partial charge in [0.25, 0.3) is 5.91 Å². The molecular weight excluding hydrogens is 228 g/mol. The van der Waals surface area contributed by atoms with Crippen LogP contribution in [0.1, 0.15) is 30.1 Å². The fraction of sp³-hybridized carbons (Fsp3) is 0.500. The topological polar surface area (TPSA) is 50.4 Å². The molecule has 0 spiro atoms. The number of carbonyl (C=O) groups excluding carboxylic acids is 1. The summed E-state index contributed by atoms with van der Waals surface area (Å²) in [5.74, 6) is -0.0120. The Morgan fingerprint density at radius 1 is 1.22 bits per heavy atom. The monoisotopic (exact) mass is 248 g/mol. The molecule has 4 nitrogen and oxygen atoms in total. The van der Waals surface area contributed by atoms with Crippen molar-refractivity contribution in [3.63, 3.8) is 0 Å². The summed E-state index contributed by atoms with van der Waals surface area (Å²) in [6.07, 6.45) is 1.74. The lowest BCUT2D eigenvalue weighted by Crippen LogP contribution is -2.49. The third-order valence-corrected chi connectivity index (χ3v) is 3.45. The Morgan fingerprint density at radius 2 is 1.83 bits per heavy atom. The molecule has 1 amide bonds. The summed E-state index contributed by atoms with van der Waals surface area (Å²) >= 11 is 0. The number of ether oxygens (including phenoxy) is 1. The first kappa shape index (κ1) is 12.9. The minimum absolute atomic E-state index is 0.0120. The van der Waals surface area contributed by atoms with E-state index in [0.29, 0.717) is 5.56 Å². The normalized spacial score (nSPS) is 18.1. The highest BCUT2D eigenvalue weighted by Crippen LogP contribution is 2.20. The maximum atomic E-state index is 12.1. The lowest BCUT2D eigenvalue weighted by atomic mass is 9.92. The van der Waals surface area contributed by atoms with Gasteiger partial charge in [0, 0.05) is 37.1 Å². The SMILES string of the molecule is CNc1ccc(C(=O)NC2(C)CCOCC2)cc1. The summed E-state index contributed by atoms with van der Waals surface area (Å²) in [7, 11) is 1.86. The molecule has 0 atom stereocenters. The van der Waals surface area contributed by atoms with Crippen molar-refractivity contribution in [1.29, 1.82) is 0 Å². The van der Waals surface area contributed by atoms with Gasteiger partial charge in [0.1, 0.15) is 0 Å². The molecule has 1 aromatic rings. The van der Waals surface area contributed by atoms with Crippen molar-refractivity contribution in [2.75, 3.05) is 25.6 Å². The van der Waals surface area contributed by atoms with Gasteiger partial charge in [0.15, 0.2) is 0 Å². The number of nitrogens with one attached hydrogen (secondary N) is 2. The average molecular weight is 248 g/mol. The van der Waals surface area contributed by atoms with Crippen molar-refractivity contribution in [1.82, 2.24) is 5.32 Å². The molecule has 2 rings (SSSR count). The largest absolute Gasteiger partial charge is 0.388 e. The van der Waals surface area contributed by atoms with Crippen molar-refractivity contribution < 1.29 is 9.53 Å². The van der Waals surface area contributed by atoms with Crippen LogP contribution in [-0.2, 0) is 4.74 Å². The van der Waals surface area contributed by atoms with E-state index in [-0.39, 0.29) is 11.4 Å². The van der Waals surface area contributed by atoms with Crippen molar-refractivity contribution >= 4 is 11.6 Å². The van der Waals surface area contributed by atoms with Gasteiger partial charge in [-0.1, -0.05) is 0 Å². The average Bonchev–Trinajstić information content (AvgIpc) is 2.39. The standard InChI is InChI=1S/C14H20N2O2/c1-14(7-9-18-10-8-14)16-13(17)11-3-5-12(15-2)6-4-11/h3-6,15H,7-10H2,1-2H3,(H,16,17). The first-order valence-corrected chi connectivity index (χ1v) is 6.31. The van der Waals surface area contributed by atoms with Crippen molar-refractivity contribution in [2.24, 2.45) is 0 Å². The predicted molar refractivity (Wildman–Crippen MR) is 71.9 cm³/mol. The fourth-order valence-electron chi connectivity index (χ4n) is 2.08. The highest BCUT2D eigenvalue weighted by molar-refractivity contribution is 5.95. The van der Waals surface area contributed by atoms with E-state index >= 15 is 0 Å². The third kappa shape index (κ3) is 3.01. The van der Waals surface area contributed by atoms with Crippen molar-refractivity contribution in [2.45, 2.75) is 25.3 Å². The Bertz CT molecular complexity index is 408. The number of hydrogen-bond acceptors (Lipinski definition) is 3. The third-order valence-electron chi connectivity index (χ3n) is 3.45. The summed E-state index contributed by atoms with van der Waals surface area (Å²) in [6, 6.07) is 7.48. The van der Waals surface area contributed by atoms with Gasteiger partial charge in [-0.15, -0.1) is 0 Å². The maximum absolute atomic E-state index is 12.1. The van der Waals surface area contributed by atoms with Gasteiger partial charge < -0.3 is 15.4 Å². The van der Waals surface area contributed by atoms with E-state index in [0.717, 1.165) is 31.7 Å². The molecule has 1 aliphatic heterocycles. The first-order valence-electron chi connectivity index (χ1n) is 6.31. The minimum Gasteiger partial charge on any atom is -0.388 e. The number of benzene rings is 1. The molecule has 1 aromatic carbocycles. The van der Waals surface area contributed by atoms with E-state index in [1.54, 1.807) is 0 Å². The van der Waals surface area contributed by atoms with Gasteiger partial charge >= 0.3 is 0 Å². The lowest BCUT2D eigenvalue weighted by molar-refractivity contribution is 0.0423. The summed E-state index contributed by atoms with van der Waals surface area (Å²) in [5, 5.41) is 6.14. The quantitative estimate of drug-likeness (QED) is 0.860. The van der Waals surface area contributed by atoms with Gasteiger partial charge in [0.2, 0.25) is 0 Å². The summed E-state index contributed by atoms with van der Waals surface area (Å²) in [6.45, 7) is 3.51. The molecule has 0 aromatic heterocycles. The second-order valence-electron chi connectivity index (χ2n) is 4.95. The molecule has 4 heteroatoms. The zero-order valence-corrected chi connectivity index (χ0v) is 11.0. The Labute approximate surface area is 108 Å². The van der Waals surface area contributed by atoms with Gasteiger partial charge in [-0.25, -0.2) is 0 Å². The van der Waals surface area contributed by atoms with Crippen LogP contribution in [0.4, 0.5) is 5.69 Å². The number of carbonyl (C=O) groups is 1. The van der Waals surface area contributed by atoms with Crippen molar-refractivity contribution in [3.8, 4) is 0 Å². The lowest BCUT2D eigenvalue weighted by Gasteiger charge is -2.34. The van der Waals surface area contributed by atoms with Crippen LogP contribution in [0.2, 0.25) is 0 Å². The van der Waals surface area contributed by atoms with Crippen LogP contribution >= 0.6 is 0 Å². The number of amides is 1. The first-order chi connectivity index (χ1) is 8.63. The maximum Gasteiger partial charge on any atom is 0.251 e. The Hall–Kier alpha value is -1.55. The molecular formula is C14H20N2O2. The molecule has 18 heavy (non-hydrogen) atoms. The summed E-state index contributed by atoms with van der Waals surface area (Å²) in [4.78, 5) is 12.1. The molecule has 0 bridgehead atoms. The van der Waals surface area contributed by atoms with E-state index in [4.69, 9.17) is 4.74 Å². The Kier molecular flexibility index (Phi) is 3.87. The van der Waals surface area contributed by atoms with Gasteiger partial charge in [0.05, 0.1) is 0 Å². The summed E-state index contributed by atoms with van der Waals surface area (Å²) < 4.78 is 5.32. The number of anilines is 1. The van der Waals surface area contributed by atoms with Crippen LogP contribution in [0, 0.1) is 0 Å². The predicted octanol–water partition coefficient (Wildman–Crippen LogP) is 2.03. The highest BCUT2D eigenvalue weighted by Gasteiger charge is 2.29. The molecule has 1 fully saturated rings. The minimum atomic E-state index is -0.142. The zero-order chi connectivity index (χ0) is 13.0. The van der Waals surface area contributed by atoms with Crippen LogP contribution in [0.5, 0.6) is 0 Å².